The van der Waals surface area contributed by atoms with Crippen molar-refractivity contribution in [3.8, 4) is 0 Å². The smallest absolute Gasteiger partial charge is 0.0559 e. The van der Waals surface area contributed by atoms with E-state index in [2.05, 4.69) is 40.9 Å². The Bertz CT molecular complexity index is 453. The highest BCUT2D eigenvalue weighted by Gasteiger charge is 2.13. The standard InChI is InChI=1S/C13H17N3S/c1-10-6-9-17-13(10)12(16-14)3-2-11-4-7-15-8-5-11/h4-9,12,16H,2-3,14H2,1H3. The zero-order valence-corrected chi connectivity index (χ0v) is 10.7. The van der Waals surface area contributed by atoms with E-state index in [-0.39, 0.29) is 6.04 Å². The van der Waals surface area contributed by atoms with Gasteiger partial charge >= 0.3 is 0 Å². The van der Waals surface area contributed by atoms with E-state index in [0.29, 0.717) is 0 Å². The fourth-order valence-corrected chi connectivity index (χ4v) is 2.91. The van der Waals surface area contributed by atoms with E-state index in [9.17, 15) is 0 Å². The largest absolute Gasteiger partial charge is 0.271 e. The topological polar surface area (TPSA) is 50.9 Å². The number of nitrogens with two attached hydrogens (primary N) is 1. The Morgan fingerprint density at radius 3 is 2.71 bits per heavy atom. The molecule has 0 aliphatic carbocycles. The van der Waals surface area contributed by atoms with Crippen LogP contribution in [-0.4, -0.2) is 4.98 Å². The third-order valence-electron chi connectivity index (χ3n) is 2.89. The number of nitrogens with one attached hydrogen (secondary N) is 1. The van der Waals surface area contributed by atoms with Crippen molar-refractivity contribution in [3.05, 3.63) is 52.0 Å². The maximum absolute atomic E-state index is 5.64. The molecule has 3 N–H and O–H groups in total. The van der Waals surface area contributed by atoms with Crippen molar-refractivity contribution in [2.24, 2.45) is 5.84 Å². The summed E-state index contributed by atoms with van der Waals surface area (Å²) in [5, 5.41) is 2.11. The highest BCUT2D eigenvalue weighted by atomic mass is 32.1. The monoisotopic (exact) mass is 247 g/mol. The molecular weight excluding hydrogens is 230 g/mol. The van der Waals surface area contributed by atoms with Crippen LogP contribution >= 0.6 is 11.3 Å². The van der Waals surface area contributed by atoms with E-state index < -0.39 is 0 Å². The van der Waals surface area contributed by atoms with E-state index in [1.807, 2.05) is 12.4 Å². The molecular formula is C13H17N3S. The first-order valence-corrected chi connectivity index (χ1v) is 6.58. The van der Waals surface area contributed by atoms with Crippen LogP contribution in [0.15, 0.2) is 36.0 Å². The van der Waals surface area contributed by atoms with Gasteiger partial charge in [0.15, 0.2) is 0 Å². The summed E-state index contributed by atoms with van der Waals surface area (Å²) >= 11 is 1.76. The van der Waals surface area contributed by atoms with E-state index in [1.165, 1.54) is 16.0 Å². The molecule has 0 aromatic carbocycles. The van der Waals surface area contributed by atoms with Crippen molar-refractivity contribution in [1.29, 1.82) is 0 Å². The SMILES string of the molecule is Cc1ccsc1C(CCc1ccncc1)NN. The van der Waals surface area contributed by atoms with E-state index in [0.717, 1.165) is 12.8 Å². The molecule has 0 bridgehead atoms. The number of pyridine rings is 1. The first kappa shape index (κ1) is 12.2. The number of thiophene rings is 1. The molecule has 2 aromatic heterocycles. The average molecular weight is 247 g/mol. The van der Waals surface area contributed by atoms with Crippen molar-refractivity contribution in [3.63, 3.8) is 0 Å². The molecule has 90 valence electrons. The van der Waals surface area contributed by atoms with Crippen LogP contribution in [-0.2, 0) is 6.42 Å². The van der Waals surface area contributed by atoms with Gasteiger partial charge in [0.05, 0.1) is 6.04 Å². The van der Waals surface area contributed by atoms with Gasteiger partial charge in [0, 0.05) is 17.3 Å². The minimum atomic E-state index is 0.239. The number of aryl methyl sites for hydroxylation is 2. The van der Waals surface area contributed by atoms with Crippen LogP contribution in [0.2, 0.25) is 0 Å². The molecule has 0 amide bonds. The number of hydrogen-bond donors (Lipinski definition) is 2. The Morgan fingerprint density at radius 2 is 2.12 bits per heavy atom. The van der Waals surface area contributed by atoms with Crippen molar-refractivity contribution < 1.29 is 0 Å². The summed E-state index contributed by atoms with van der Waals surface area (Å²) in [6, 6.07) is 6.48. The number of rotatable bonds is 5. The Labute approximate surface area is 106 Å². The predicted octanol–water partition coefficient (Wildman–Crippen LogP) is 2.59. The van der Waals surface area contributed by atoms with Crippen molar-refractivity contribution >= 4 is 11.3 Å². The fourth-order valence-electron chi connectivity index (χ4n) is 1.89. The summed E-state index contributed by atoms with van der Waals surface area (Å²) in [4.78, 5) is 5.35. The van der Waals surface area contributed by atoms with Crippen LogP contribution in [0, 0.1) is 6.92 Å². The van der Waals surface area contributed by atoms with Crippen molar-refractivity contribution in [2.45, 2.75) is 25.8 Å². The molecule has 0 aliphatic rings. The summed E-state index contributed by atoms with van der Waals surface area (Å²) in [5.41, 5.74) is 5.52. The lowest BCUT2D eigenvalue weighted by Crippen LogP contribution is -2.28. The average Bonchev–Trinajstić information content (AvgIpc) is 2.78. The van der Waals surface area contributed by atoms with Gasteiger partial charge in [-0.05, 0) is 54.5 Å². The second-order valence-corrected chi connectivity index (χ2v) is 5.03. The third-order valence-corrected chi connectivity index (χ3v) is 4.02. The number of aromatic nitrogens is 1. The zero-order valence-electron chi connectivity index (χ0n) is 9.89. The number of nitrogens with zero attached hydrogens (tertiary/aromatic N) is 1. The first-order chi connectivity index (χ1) is 8.31. The molecule has 2 rings (SSSR count). The summed E-state index contributed by atoms with van der Waals surface area (Å²) in [6.45, 7) is 2.13. The molecule has 2 aromatic rings. The third kappa shape index (κ3) is 3.12. The molecule has 0 spiro atoms. The molecule has 0 fully saturated rings. The van der Waals surface area contributed by atoms with Crippen LogP contribution in [0.1, 0.15) is 28.5 Å². The van der Waals surface area contributed by atoms with Gasteiger partial charge in [0.1, 0.15) is 0 Å². The molecule has 2 heterocycles. The lowest BCUT2D eigenvalue weighted by Gasteiger charge is -2.15. The maximum Gasteiger partial charge on any atom is 0.0559 e. The molecule has 4 heteroatoms. The molecule has 0 saturated carbocycles. The first-order valence-electron chi connectivity index (χ1n) is 5.70. The maximum atomic E-state index is 5.64. The Balaban J connectivity index is 2.00. The molecule has 0 saturated heterocycles. The van der Waals surface area contributed by atoms with Gasteiger partial charge in [0.2, 0.25) is 0 Å². The highest BCUT2D eigenvalue weighted by Crippen LogP contribution is 2.26. The van der Waals surface area contributed by atoms with Crippen molar-refractivity contribution in [2.75, 3.05) is 0 Å². The summed E-state index contributed by atoms with van der Waals surface area (Å²) in [5.74, 6) is 5.64. The van der Waals surface area contributed by atoms with Gasteiger partial charge in [-0.3, -0.25) is 16.3 Å². The van der Waals surface area contributed by atoms with Crippen LogP contribution in [0.4, 0.5) is 0 Å². The second-order valence-electron chi connectivity index (χ2n) is 4.08. The summed E-state index contributed by atoms with van der Waals surface area (Å²) < 4.78 is 0. The van der Waals surface area contributed by atoms with Gasteiger partial charge in [-0.1, -0.05) is 0 Å². The fraction of sp³-hybridized carbons (Fsp3) is 0.308. The lowest BCUT2D eigenvalue weighted by atomic mass is 10.0. The van der Waals surface area contributed by atoms with Crippen molar-refractivity contribution in [1.82, 2.24) is 10.4 Å². The normalized spacial score (nSPS) is 12.6. The Morgan fingerprint density at radius 1 is 1.35 bits per heavy atom. The summed E-state index contributed by atoms with van der Waals surface area (Å²) in [6.07, 6.45) is 5.67. The molecule has 3 nitrogen and oxygen atoms in total. The Kier molecular flexibility index (Phi) is 4.25. The quantitative estimate of drug-likeness (QED) is 0.630. The van der Waals surface area contributed by atoms with Crippen LogP contribution in [0.5, 0.6) is 0 Å². The zero-order chi connectivity index (χ0) is 12.1. The van der Waals surface area contributed by atoms with Gasteiger partial charge in [-0.15, -0.1) is 11.3 Å². The van der Waals surface area contributed by atoms with Crippen LogP contribution in [0.25, 0.3) is 0 Å². The van der Waals surface area contributed by atoms with Crippen LogP contribution < -0.4 is 11.3 Å². The number of hydrazine groups is 1. The Hall–Kier alpha value is -1.23. The van der Waals surface area contributed by atoms with Crippen LogP contribution in [0.3, 0.4) is 0 Å². The van der Waals surface area contributed by atoms with E-state index >= 15 is 0 Å². The van der Waals surface area contributed by atoms with Gasteiger partial charge in [-0.25, -0.2) is 0 Å². The molecule has 1 unspecified atom stereocenters. The van der Waals surface area contributed by atoms with Gasteiger partial charge < -0.3 is 0 Å². The molecule has 0 aliphatic heterocycles. The van der Waals surface area contributed by atoms with E-state index in [4.69, 9.17) is 5.84 Å². The minimum absolute atomic E-state index is 0.239. The lowest BCUT2D eigenvalue weighted by molar-refractivity contribution is 0.522. The summed E-state index contributed by atoms with van der Waals surface area (Å²) in [7, 11) is 0. The van der Waals surface area contributed by atoms with Gasteiger partial charge in [-0.2, -0.15) is 0 Å². The number of hydrogen-bond acceptors (Lipinski definition) is 4. The molecule has 1 atom stereocenters. The van der Waals surface area contributed by atoms with Gasteiger partial charge in [0.25, 0.3) is 0 Å². The van der Waals surface area contributed by atoms with E-state index in [1.54, 1.807) is 11.3 Å². The second kappa shape index (κ2) is 5.91. The predicted molar refractivity (Wildman–Crippen MR) is 71.7 cm³/mol. The highest BCUT2D eigenvalue weighted by molar-refractivity contribution is 7.10. The molecule has 0 radical (unpaired) electrons. The minimum Gasteiger partial charge on any atom is -0.271 e. The molecule has 17 heavy (non-hydrogen) atoms.